The van der Waals surface area contributed by atoms with Gasteiger partial charge in [0.25, 0.3) is 0 Å². The molecule has 6 nitrogen and oxygen atoms in total. The number of nitrogens with zero attached hydrogens (tertiary/aromatic N) is 1. The topological polar surface area (TPSA) is 87.8 Å². The Morgan fingerprint density at radius 2 is 2.06 bits per heavy atom. The second kappa shape index (κ2) is 5.53. The second-order valence-corrected chi connectivity index (χ2v) is 5.74. The summed E-state index contributed by atoms with van der Waals surface area (Å²) in [6.45, 7) is 5.79. The Balaban J connectivity index is 3.23. The van der Waals surface area contributed by atoms with Gasteiger partial charge >= 0.3 is 5.97 Å². The first-order valence-corrected chi connectivity index (χ1v) is 7.12. The predicted octanol–water partition coefficient (Wildman–Crippen LogP) is 1.71. The highest BCUT2D eigenvalue weighted by molar-refractivity contribution is 7.89. The Morgan fingerprint density at radius 3 is 2.44 bits per heavy atom. The van der Waals surface area contributed by atoms with Crippen LogP contribution in [-0.2, 0) is 10.0 Å². The molecular formula is C11H17NO5S. The fraction of sp³-hybridized carbons (Fsp3) is 0.545. The van der Waals surface area contributed by atoms with Gasteiger partial charge in [0.15, 0.2) is 0 Å². The molecule has 18 heavy (non-hydrogen) atoms. The SMILES string of the molecule is CCCN(CC)S(=O)(=O)c1cc(C(=O)O)oc1C. The van der Waals surface area contributed by atoms with Gasteiger partial charge in [0.05, 0.1) is 0 Å². The molecule has 1 aromatic rings. The lowest BCUT2D eigenvalue weighted by Crippen LogP contribution is -2.31. The van der Waals surface area contributed by atoms with Crippen molar-refractivity contribution in [2.45, 2.75) is 32.1 Å². The molecule has 0 atom stereocenters. The van der Waals surface area contributed by atoms with Crippen LogP contribution in [0.4, 0.5) is 0 Å². The molecular weight excluding hydrogens is 258 g/mol. The summed E-state index contributed by atoms with van der Waals surface area (Å²) in [6.07, 6.45) is 0.690. The zero-order valence-corrected chi connectivity index (χ0v) is 11.5. The standard InChI is InChI=1S/C11H17NO5S/c1-4-6-12(5-2)18(15,16)10-7-9(11(13)14)17-8(10)3/h7H,4-6H2,1-3H3,(H,13,14). The molecule has 0 unspecified atom stereocenters. The maximum absolute atomic E-state index is 12.3. The van der Waals surface area contributed by atoms with E-state index >= 15 is 0 Å². The van der Waals surface area contributed by atoms with E-state index < -0.39 is 16.0 Å². The summed E-state index contributed by atoms with van der Waals surface area (Å²) >= 11 is 0. The molecule has 0 saturated carbocycles. The van der Waals surface area contributed by atoms with Crippen LogP contribution in [0.25, 0.3) is 0 Å². The minimum atomic E-state index is -3.68. The van der Waals surface area contributed by atoms with E-state index in [0.29, 0.717) is 19.5 Å². The first kappa shape index (κ1) is 14.7. The quantitative estimate of drug-likeness (QED) is 0.853. The van der Waals surface area contributed by atoms with Crippen molar-refractivity contribution in [1.82, 2.24) is 4.31 Å². The van der Waals surface area contributed by atoms with Crippen LogP contribution in [0.5, 0.6) is 0 Å². The number of aryl methyl sites for hydroxylation is 1. The molecule has 1 N–H and O–H groups in total. The highest BCUT2D eigenvalue weighted by atomic mass is 32.2. The van der Waals surface area contributed by atoms with Gasteiger partial charge in [-0.25, -0.2) is 13.2 Å². The fourth-order valence-corrected chi connectivity index (χ4v) is 3.37. The number of sulfonamides is 1. The lowest BCUT2D eigenvalue weighted by Gasteiger charge is -2.18. The van der Waals surface area contributed by atoms with Crippen molar-refractivity contribution < 1.29 is 22.7 Å². The van der Waals surface area contributed by atoms with Gasteiger partial charge in [-0.3, -0.25) is 0 Å². The molecule has 1 heterocycles. The van der Waals surface area contributed by atoms with Crippen molar-refractivity contribution in [3.63, 3.8) is 0 Å². The average Bonchev–Trinajstić information content (AvgIpc) is 2.68. The van der Waals surface area contributed by atoms with Crippen LogP contribution in [0, 0.1) is 6.92 Å². The van der Waals surface area contributed by atoms with Gasteiger partial charge in [0.2, 0.25) is 15.8 Å². The molecule has 0 aliphatic carbocycles. The van der Waals surface area contributed by atoms with Gasteiger partial charge in [-0.15, -0.1) is 0 Å². The molecule has 0 saturated heterocycles. The van der Waals surface area contributed by atoms with Crippen LogP contribution in [0.15, 0.2) is 15.4 Å². The maximum atomic E-state index is 12.3. The van der Waals surface area contributed by atoms with E-state index in [4.69, 9.17) is 9.52 Å². The third kappa shape index (κ3) is 2.73. The predicted molar refractivity (Wildman–Crippen MR) is 65.1 cm³/mol. The summed E-state index contributed by atoms with van der Waals surface area (Å²) in [5, 5.41) is 8.79. The minimum absolute atomic E-state index is 0.0739. The first-order chi connectivity index (χ1) is 8.34. The first-order valence-electron chi connectivity index (χ1n) is 5.68. The molecule has 0 spiro atoms. The summed E-state index contributed by atoms with van der Waals surface area (Å²) in [5.41, 5.74) is 0. The zero-order valence-electron chi connectivity index (χ0n) is 10.6. The third-order valence-corrected chi connectivity index (χ3v) is 4.61. The van der Waals surface area contributed by atoms with E-state index in [2.05, 4.69) is 0 Å². The van der Waals surface area contributed by atoms with Gasteiger partial charge < -0.3 is 9.52 Å². The number of aromatic carboxylic acids is 1. The fourth-order valence-electron chi connectivity index (χ4n) is 1.66. The third-order valence-electron chi connectivity index (χ3n) is 2.53. The minimum Gasteiger partial charge on any atom is -0.475 e. The molecule has 1 rings (SSSR count). The lowest BCUT2D eigenvalue weighted by molar-refractivity contribution is 0.0661. The lowest BCUT2D eigenvalue weighted by atomic mass is 10.4. The number of carbonyl (C=O) groups is 1. The summed E-state index contributed by atoms with van der Waals surface area (Å²) < 4.78 is 30.8. The molecule has 0 aromatic carbocycles. The number of carboxylic acid groups (broad SMARTS) is 1. The Hall–Kier alpha value is -1.34. The van der Waals surface area contributed by atoms with Crippen molar-refractivity contribution >= 4 is 16.0 Å². The molecule has 0 radical (unpaired) electrons. The highest BCUT2D eigenvalue weighted by Gasteiger charge is 2.28. The van der Waals surface area contributed by atoms with Crippen molar-refractivity contribution in [2.24, 2.45) is 0 Å². The highest BCUT2D eigenvalue weighted by Crippen LogP contribution is 2.23. The van der Waals surface area contributed by atoms with Crippen LogP contribution in [-0.4, -0.2) is 36.9 Å². The average molecular weight is 275 g/mol. The van der Waals surface area contributed by atoms with E-state index in [9.17, 15) is 13.2 Å². The van der Waals surface area contributed by atoms with Gasteiger partial charge in [-0.2, -0.15) is 4.31 Å². The summed E-state index contributed by atoms with van der Waals surface area (Å²) in [4.78, 5) is 10.7. The van der Waals surface area contributed by atoms with Crippen molar-refractivity contribution in [3.05, 3.63) is 17.6 Å². The van der Waals surface area contributed by atoms with Crippen LogP contribution < -0.4 is 0 Å². The Kier molecular flexibility index (Phi) is 4.53. The Labute approximate surface area is 106 Å². The monoisotopic (exact) mass is 275 g/mol. The smallest absolute Gasteiger partial charge is 0.371 e. The summed E-state index contributed by atoms with van der Waals surface area (Å²) in [6, 6.07) is 1.06. The maximum Gasteiger partial charge on any atom is 0.371 e. The van der Waals surface area contributed by atoms with Crippen LogP contribution >= 0.6 is 0 Å². The number of hydrogen-bond acceptors (Lipinski definition) is 4. The normalized spacial score (nSPS) is 12.0. The van der Waals surface area contributed by atoms with Crippen LogP contribution in [0.2, 0.25) is 0 Å². The number of rotatable bonds is 6. The van der Waals surface area contributed by atoms with Gasteiger partial charge in [0.1, 0.15) is 10.7 Å². The van der Waals surface area contributed by atoms with Crippen molar-refractivity contribution in [3.8, 4) is 0 Å². The molecule has 0 amide bonds. The van der Waals surface area contributed by atoms with Crippen molar-refractivity contribution in [1.29, 1.82) is 0 Å². The summed E-state index contributed by atoms with van der Waals surface area (Å²) in [7, 11) is -3.68. The van der Waals surface area contributed by atoms with Crippen LogP contribution in [0.3, 0.4) is 0 Å². The van der Waals surface area contributed by atoms with Crippen LogP contribution in [0.1, 0.15) is 36.6 Å². The van der Waals surface area contributed by atoms with E-state index in [1.807, 2.05) is 6.92 Å². The number of hydrogen-bond donors (Lipinski definition) is 1. The molecule has 102 valence electrons. The van der Waals surface area contributed by atoms with Crippen molar-refractivity contribution in [2.75, 3.05) is 13.1 Å². The number of furan rings is 1. The molecule has 0 aliphatic rings. The zero-order chi connectivity index (χ0) is 13.9. The molecule has 7 heteroatoms. The largest absolute Gasteiger partial charge is 0.475 e. The van der Waals surface area contributed by atoms with Gasteiger partial charge in [-0.1, -0.05) is 13.8 Å². The molecule has 0 aliphatic heterocycles. The summed E-state index contributed by atoms with van der Waals surface area (Å²) in [5.74, 6) is -1.54. The Bertz CT molecular complexity index is 532. The Morgan fingerprint density at radius 1 is 1.44 bits per heavy atom. The van der Waals surface area contributed by atoms with Gasteiger partial charge in [0, 0.05) is 19.2 Å². The van der Waals surface area contributed by atoms with E-state index in [0.717, 1.165) is 6.07 Å². The van der Waals surface area contributed by atoms with Gasteiger partial charge in [-0.05, 0) is 13.3 Å². The molecule has 0 fully saturated rings. The molecule has 0 bridgehead atoms. The number of carboxylic acids is 1. The van der Waals surface area contributed by atoms with E-state index in [1.165, 1.54) is 11.2 Å². The molecule has 1 aromatic heterocycles. The van der Waals surface area contributed by atoms with E-state index in [1.54, 1.807) is 6.92 Å². The second-order valence-electron chi connectivity index (χ2n) is 3.83. The van der Waals surface area contributed by atoms with E-state index in [-0.39, 0.29) is 16.4 Å².